The van der Waals surface area contributed by atoms with Gasteiger partial charge in [-0.05, 0) is 20.8 Å². The van der Waals surface area contributed by atoms with Crippen LogP contribution in [0.15, 0.2) is 0 Å². The number of aromatic amines is 1. The number of amides is 1. The molecule has 0 spiro atoms. The molecular weight excluding hydrogens is 240 g/mol. The summed E-state index contributed by atoms with van der Waals surface area (Å²) in [6, 6.07) is 0. The summed E-state index contributed by atoms with van der Waals surface area (Å²) in [5, 5.41) is 11.2. The number of anilines is 1. The molecule has 1 heterocycles. The predicted molar refractivity (Wildman–Crippen MR) is 63.3 cm³/mol. The van der Waals surface area contributed by atoms with Gasteiger partial charge in [0.05, 0.1) is 6.54 Å². The number of carboxylic acids is 1. The SMILES string of the molecule is CC(C)(C)OC(=O)Nc1nc(CN)[nH]c1C(=O)O. The Hall–Kier alpha value is -2.09. The van der Waals surface area contributed by atoms with Gasteiger partial charge in [-0.15, -0.1) is 0 Å². The molecule has 8 nitrogen and oxygen atoms in total. The lowest BCUT2D eigenvalue weighted by Crippen LogP contribution is -2.27. The Labute approximate surface area is 104 Å². The highest BCUT2D eigenvalue weighted by molar-refractivity contribution is 5.96. The van der Waals surface area contributed by atoms with Crippen LogP contribution in [0, 0.1) is 0 Å². The van der Waals surface area contributed by atoms with Crippen molar-refractivity contribution in [1.82, 2.24) is 9.97 Å². The molecule has 0 aromatic carbocycles. The molecule has 0 atom stereocenters. The molecule has 1 rings (SSSR count). The summed E-state index contributed by atoms with van der Waals surface area (Å²) >= 11 is 0. The van der Waals surface area contributed by atoms with Crippen LogP contribution in [0.4, 0.5) is 10.6 Å². The molecule has 0 unspecified atom stereocenters. The first-order valence-electron chi connectivity index (χ1n) is 5.25. The zero-order chi connectivity index (χ0) is 13.9. The van der Waals surface area contributed by atoms with Gasteiger partial charge >= 0.3 is 12.1 Å². The normalized spacial score (nSPS) is 11.1. The third-order valence-corrected chi connectivity index (χ3v) is 1.78. The fourth-order valence-corrected chi connectivity index (χ4v) is 1.16. The summed E-state index contributed by atoms with van der Waals surface area (Å²) in [5.41, 5.74) is 4.42. The minimum atomic E-state index is -1.24. The topological polar surface area (TPSA) is 130 Å². The average Bonchev–Trinajstić information content (AvgIpc) is 2.57. The number of carboxylic acid groups (broad SMARTS) is 1. The summed E-state index contributed by atoms with van der Waals surface area (Å²) in [6.07, 6.45) is -0.778. The van der Waals surface area contributed by atoms with Gasteiger partial charge in [-0.3, -0.25) is 5.32 Å². The molecule has 0 fully saturated rings. The quantitative estimate of drug-likeness (QED) is 0.636. The molecule has 0 aliphatic heterocycles. The highest BCUT2D eigenvalue weighted by atomic mass is 16.6. The minimum absolute atomic E-state index is 0.0380. The maximum Gasteiger partial charge on any atom is 0.413 e. The second kappa shape index (κ2) is 5.05. The van der Waals surface area contributed by atoms with Crippen LogP contribution in [-0.2, 0) is 11.3 Å². The van der Waals surface area contributed by atoms with E-state index in [0.717, 1.165) is 0 Å². The molecule has 0 radical (unpaired) electrons. The van der Waals surface area contributed by atoms with E-state index in [0.29, 0.717) is 0 Å². The van der Waals surface area contributed by atoms with Gasteiger partial charge in [0.15, 0.2) is 11.5 Å². The number of carbonyl (C=O) groups excluding carboxylic acids is 1. The Morgan fingerprint density at radius 1 is 1.50 bits per heavy atom. The minimum Gasteiger partial charge on any atom is -0.476 e. The smallest absolute Gasteiger partial charge is 0.413 e. The number of nitrogens with two attached hydrogens (primary N) is 1. The van der Waals surface area contributed by atoms with Crippen molar-refractivity contribution < 1.29 is 19.4 Å². The van der Waals surface area contributed by atoms with Crippen LogP contribution in [0.1, 0.15) is 37.1 Å². The van der Waals surface area contributed by atoms with E-state index in [1.165, 1.54) is 0 Å². The number of carbonyl (C=O) groups is 2. The molecule has 18 heavy (non-hydrogen) atoms. The Kier molecular flexibility index (Phi) is 3.92. The van der Waals surface area contributed by atoms with Crippen molar-refractivity contribution in [3.8, 4) is 0 Å². The lowest BCUT2D eigenvalue weighted by atomic mass is 10.2. The maximum atomic E-state index is 11.5. The number of imidazole rings is 1. The third kappa shape index (κ3) is 3.74. The van der Waals surface area contributed by atoms with E-state index in [1.54, 1.807) is 20.8 Å². The molecule has 1 amide bonds. The molecule has 0 saturated heterocycles. The number of ether oxygens (including phenoxy) is 1. The molecule has 8 heteroatoms. The van der Waals surface area contributed by atoms with Crippen LogP contribution < -0.4 is 11.1 Å². The van der Waals surface area contributed by atoms with Crippen LogP contribution in [0.2, 0.25) is 0 Å². The van der Waals surface area contributed by atoms with Gasteiger partial charge in [0.2, 0.25) is 0 Å². The molecule has 1 aromatic heterocycles. The van der Waals surface area contributed by atoms with Crippen LogP contribution in [-0.4, -0.2) is 32.7 Å². The Morgan fingerprint density at radius 2 is 2.11 bits per heavy atom. The molecular formula is C10H16N4O4. The fourth-order valence-electron chi connectivity index (χ4n) is 1.16. The highest BCUT2D eigenvalue weighted by Gasteiger charge is 2.21. The van der Waals surface area contributed by atoms with Crippen molar-refractivity contribution in [3.63, 3.8) is 0 Å². The second-order valence-corrected chi connectivity index (χ2v) is 4.54. The number of nitrogens with one attached hydrogen (secondary N) is 2. The Morgan fingerprint density at radius 3 is 2.56 bits per heavy atom. The number of aromatic carboxylic acids is 1. The first-order chi connectivity index (χ1) is 8.23. The number of aromatic nitrogens is 2. The van der Waals surface area contributed by atoms with Gasteiger partial charge in [-0.1, -0.05) is 0 Å². The molecule has 100 valence electrons. The first-order valence-corrected chi connectivity index (χ1v) is 5.25. The van der Waals surface area contributed by atoms with Crippen LogP contribution in [0.25, 0.3) is 0 Å². The molecule has 1 aromatic rings. The monoisotopic (exact) mass is 256 g/mol. The zero-order valence-corrected chi connectivity index (χ0v) is 10.4. The Balaban J connectivity index is 2.86. The number of rotatable bonds is 3. The number of hydrogen-bond donors (Lipinski definition) is 4. The molecule has 0 bridgehead atoms. The van der Waals surface area contributed by atoms with E-state index < -0.39 is 17.7 Å². The van der Waals surface area contributed by atoms with E-state index in [9.17, 15) is 9.59 Å². The van der Waals surface area contributed by atoms with Crippen molar-refractivity contribution in [2.24, 2.45) is 5.73 Å². The van der Waals surface area contributed by atoms with Gasteiger partial charge in [-0.2, -0.15) is 0 Å². The van der Waals surface area contributed by atoms with E-state index >= 15 is 0 Å². The lowest BCUT2D eigenvalue weighted by molar-refractivity contribution is 0.0635. The maximum absolute atomic E-state index is 11.5. The van der Waals surface area contributed by atoms with E-state index in [1.807, 2.05) is 0 Å². The number of nitrogens with zero attached hydrogens (tertiary/aromatic N) is 1. The zero-order valence-electron chi connectivity index (χ0n) is 10.4. The van der Waals surface area contributed by atoms with Gasteiger partial charge in [0.1, 0.15) is 11.4 Å². The number of hydrogen-bond acceptors (Lipinski definition) is 5. The van der Waals surface area contributed by atoms with E-state index in [-0.39, 0.29) is 23.9 Å². The third-order valence-electron chi connectivity index (χ3n) is 1.78. The fraction of sp³-hybridized carbons (Fsp3) is 0.500. The van der Waals surface area contributed by atoms with Gasteiger partial charge in [0, 0.05) is 0 Å². The van der Waals surface area contributed by atoms with Crippen LogP contribution >= 0.6 is 0 Å². The Bertz CT molecular complexity index is 461. The van der Waals surface area contributed by atoms with Crippen molar-refractivity contribution in [3.05, 3.63) is 11.5 Å². The van der Waals surface area contributed by atoms with Crippen molar-refractivity contribution in [1.29, 1.82) is 0 Å². The summed E-state index contributed by atoms with van der Waals surface area (Å²) in [6.45, 7) is 5.12. The highest BCUT2D eigenvalue weighted by Crippen LogP contribution is 2.14. The van der Waals surface area contributed by atoms with Crippen LogP contribution in [0.5, 0.6) is 0 Å². The summed E-state index contributed by atoms with van der Waals surface area (Å²) in [5.74, 6) is -1.09. The van der Waals surface area contributed by atoms with Crippen molar-refractivity contribution in [2.45, 2.75) is 32.9 Å². The summed E-state index contributed by atoms with van der Waals surface area (Å²) < 4.78 is 4.99. The van der Waals surface area contributed by atoms with E-state index in [2.05, 4.69) is 15.3 Å². The lowest BCUT2D eigenvalue weighted by Gasteiger charge is -2.19. The largest absolute Gasteiger partial charge is 0.476 e. The molecule has 5 N–H and O–H groups in total. The summed E-state index contributed by atoms with van der Waals surface area (Å²) in [4.78, 5) is 28.7. The molecule has 0 aliphatic carbocycles. The first kappa shape index (κ1) is 14.0. The van der Waals surface area contributed by atoms with Gasteiger partial charge in [0.25, 0.3) is 0 Å². The average molecular weight is 256 g/mol. The standard InChI is InChI=1S/C10H16N4O4/c1-10(2,3)18-9(17)14-7-6(8(15)16)12-5(4-11)13-7/h4,11H2,1-3H3,(H,12,13)(H,14,17)(H,15,16). The van der Waals surface area contributed by atoms with Gasteiger partial charge < -0.3 is 20.6 Å². The van der Waals surface area contributed by atoms with Gasteiger partial charge in [-0.25, -0.2) is 14.6 Å². The molecule has 0 saturated carbocycles. The summed E-state index contributed by atoms with van der Waals surface area (Å²) in [7, 11) is 0. The number of H-pyrrole nitrogens is 1. The second-order valence-electron chi connectivity index (χ2n) is 4.54. The molecule has 0 aliphatic rings. The van der Waals surface area contributed by atoms with E-state index in [4.69, 9.17) is 15.6 Å². The predicted octanol–water partition coefficient (Wildman–Crippen LogP) is 0.914. The van der Waals surface area contributed by atoms with Crippen LogP contribution in [0.3, 0.4) is 0 Å². The van der Waals surface area contributed by atoms with Crippen molar-refractivity contribution >= 4 is 17.9 Å². The van der Waals surface area contributed by atoms with Crippen molar-refractivity contribution in [2.75, 3.05) is 5.32 Å².